The highest BCUT2D eigenvalue weighted by Crippen LogP contribution is 2.37. The molecule has 4 nitrogen and oxygen atoms in total. The minimum absolute atomic E-state index is 0.167. The molecular formula is C13H9ClN2O2. The quantitative estimate of drug-likeness (QED) is 0.684. The van der Waals surface area contributed by atoms with Crippen LogP contribution >= 0.6 is 11.6 Å². The van der Waals surface area contributed by atoms with Crippen LogP contribution in [0.2, 0.25) is 5.15 Å². The number of amides is 1. The molecular weight excluding hydrogens is 252 g/mol. The first-order valence-electron chi connectivity index (χ1n) is 5.38. The first-order valence-corrected chi connectivity index (χ1v) is 5.76. The number of ether oxygens (including phenoxy) is 1. The minimum atomic E-state index is -0.167. The van der Waals surface area contributed by atoms with E-state index in [4.69, 9.17) is 16.3 Å². The number of rotatable bonds is 0. The fraction of sp³-hybridized carbons (Fsp3) is 0.0769. The summed E-state index contributed by atoms with van der Waals surface area (Å²) < 4.78 is 5.67. The third-order valence-electron chi connectivity index (χ3n) is 2.79. The molecule has 5 heteroatoms. The van der Waals surface area contributed by atoms with Crippen LogP contribution in [0.1, 0.15) is 10.4 Å². The van der Waals surface area contributed by atoms with Crippen LogP contribution in [0.25, 0.3) is 0 Å². The maximum Gasteiger partial charge on any atom is 0.263 e. The van der Waals surface area contributed by atoms with Gasteiger partial charge in [0.05, 0.1) is 5.69 Å². The Morgan fingerprint density at radius 1 is 1.22 bits per heavy atom. The average Bonchev–Trinajstić information content (AvgIpc) is 2.47. The Balaban J connectivity index is 2.24. The third kappa shape index (κ3) is 1.62. The molecule has 3 rings (SSSR count). The summed E-state index contributed by atoms with van der Waals surface area (Å²) in [7, 11) is 1.70. The van der Waals surface area contributed by atoms with Crippen LogP contribution in [0.15, 0.2) is 36.4 Å². The minimum Gasteiger partial charge on any atom is -0.436 e. The Morgan fingerprint density at radius 2 is 2.00 bits per heavy atom. The number of carbonyl (C=O) groups excluding carboxylic acids is 1. The van der Waals surface area contributed by atoms with Gasteiger partial charge in [0.2, 0.25) is 5.88 Å². The van der Waals surface area contributed by atoms with Crippen LogP contribution in [-0.4, -0.2) is 17.9 Å². The van der Waals surface area contributed by atoms with Crippen molar-refractivity contribution in [3.8, 4) is 11.6 Å². The monoisotopic (exact) mass is 260 g/mol. The summed E-state index contributed by atoms with van der Waals surface area (Å²) in [6.45, 7) is 0. The van der Waals surface area contributed by atoms with Crippen molar-refractivity contribution in [1.29, 1.82) is 0 Å². The maximum atomic E-state index is 12.3. The second-order valence-corrected chi connectivity index (χ2v) is 4.31. The van der Waals surface area contributed by atoms with E-state index in [1.54, 1.807) is 25.2 Å². The molecule has 0 N–H and O–H groups in total. The molecule has 0 bridgehead atoms. The second kappa shape index (κ2) is 3.99. The van der Waals surface area contributed by atoms with Gasteiger partial charge in [0, 0.05) is 7.05 Å². The van der Waals surface area contributed by atoms with E-state index in [-0.39, 0.29) is 11.8 Å². The van der Waals surface area contributed by atoms with Crippen LogP contribution in [-0.2, 0) is 0 Å². The van der Waals surface area contributed by atoms with E-state index in [0.29, 0.717) is 22.2 Å². The normalized spacial score (nSPS) is 13.4. The Labute approximate surface area is 109 Å². The van der Waals surface area contributed by atoms with Crippen molar-refractivity contribution in [3.05, 3.63) is 47.1 Å². The molecule has 0 saturated carbocycles. The zero-order valence-corrected chi connectivity index (χ0v) is 10.3. The fourth-order valence-corrected chi connectivity index (χ4v) is 2.01. The number of halogens is 1. The third-order valence-corrected chi connectivity index (χ3v) is 3.01. The van der Waals surface area contributed by atoms with Crippen LogP contribution in [0.3, 0.4) is 0 Å². The highest BCUT2D eigenvalue weighted by Gasteiger charge is 2.26. The van der Waals surface area contributed by atoms with Gasteiger partial charge in [-0.15, -0.1) is 0 Å². The van der Waals surface area contributed by atoms with Gasteiger partial charge >= 0.3 is 0 Å². The molecule has 0 unspecified atom stereocenters. The molecule has 0 radical (unpaired) electrons. The largest absolute Gasteiger partial charge is 0.436 e. The lowest BCUT2D eigenvalue weighted by Crippen LogP contribution is -2.25. The van der Waals surface area contributed by atoms with Gasteiger partial charge in [0.25, 0.3) is 5.91 Å². The van der Waals surface area contributed by atoms with Crippen molar-refractivity contribution in [2.75, 3.05) is 11.9 Å². The first-order chi connectivity index (χ1) is 8.66. The molecule has 1 aromatic carbocycles. The molecule has 0 aliphatic carbocycles. The second-order valence-electron chi connectivity index (χ2n) is 3.92. The Morgan fingerprint density at radius 3 is 2.83 bits per heavy atom. The molecule has 2 heterocycles. The molecule has 0 atom stereocenters. The van der Waals surface area contributed by atoms with Gasteiger partial charge in [-0.1, -0.05) is 23.7 Å². The number of benzene rings is 1. The summed E-state index contributed by atoms with van der Waals surface area (Å²) in [5, 5.41) is 0.295. The summed E-state index contributed by atoms with van der Waals surface area (Å²) in [4.78, 5) is 17.9. The number of para-hydroxylation sites is 2. The van der Waals surface area contributed by atoms with Crippen molar-refractivity contribution in [1.82, 2.24) is 4.98 Å². The standard InChI is InChI=1S/C13H9ClN2O2/c1-16-9-4-2-3-5-10(9)18-12-8(13(16)17)6-7-11(14)15-12/h2-7H,1H3. The number of aromatic nitrogens is 1. The lowest BCUT2D eigenvalue weighted by Gasteiger charge is -2.15. The van der Waals surface area contributed by atoms with Crippen LogP contribution in [0.4, 0.5) is 5.69 Å². The van der Waals surface area contributed by atoms with Gasteiger partial charge in [-0.05, 0) is 24.3 Å². The van der Waals surface area contributed by atoms with Gasteiger partial charge in [0.1, 0.15) is 10.7 Å². The summed E-state index contributed by atoms with van der Waals surface area (Å²) >= 11 is 5.83. The predicted molar refractivity (Wildman–Crippen MR) is 68.5 cm³/mol. The molecule has 2 aromatic rings. The van der Waals surface area contributed by atoms with Crippen molar-refractivity contribution < 1.29 is 9.53 Å². The van der Waals surface area contributed by atoms with E-state index in [1.807, 2.05) is 18.2 Å². The fourth-order valence-electron chi connectivity index (χ4n) is 1.87. The molecule has 1 aliphatic heterocycles. The van der Waals surface area contributed by atoms with Crippen LogP contribution in [0, 0.1) is 0 Å². The smallest absolute Gasteiger partial charge is 0.263 e. The van der Waals surface area contributed by atoms with E-state index in [1.165, 1.54) is 4.90 Å². The molecule has 0 fully saturated rings. The zero-order chi connectivity index (χ0) is 12.7. The number of anilines is 1. The Hall–Kier alpha value is -2.07. The lowest BCUT2D eigenvalue weighted by atomic mass is 10.2. The Bertz CT molecular complexity index is 643. The van der Waals surface area contributed by atoms with E-state index in [0.717, 1.165) is 0 Å². The molecule has 1 aliphatic rings. The lowest BCUT2D eigenvalue weighted by molar-refractivity contribution is 0.0992. The highest BCUT2D eigenvalue weighted by atomic mass is 35.5. The van der Waals surface area contributed by atoms with Gasteiger partial charge in [-0.2, -0.15) is 0 Å². The van der Waals surface area contributed by atoms with Crippen molar-refractivity contribution in [3.63, 3.8) is 0 Å². The van der Waals surface area contributed by atoms with Gasteiger partial charge in [-0.25, -0.2) is 4.98 Å². The number of hydrogen-bond donors (Lipinski definition) is 0. The number of nitrogens with zero attached hydrogens (tertiary/aromatic N) is 2. The molecule has 1 amide bonds. The molecule has 18 heavy (non-hydrogen) atoms. The van der Waals surface area contributed by atoms with E-state index in [9.17, 15) is 4.79 Å². The SMILES string of the molecule is CN1C(=O)c2ccc(Cl)nc2Oc2ccccc21. The molecule has 90 valence electrons. The van der Waals surface area contributed by atoms with Gasteiger partial charge in [-0.3, -0.25) is 4.79 Å². The molecule has 0 spiro atoms. The van der Waals surface area contributed by atoms with Crippen molar-refractivity contribution >= 4 is 23.2 Å². The van der Waals surface area contributed by atoms with E-state index >= 15 is 0 Å². The molecule has 1 aromatic heterocycles. The van der Waals surface area contributed by atoms with E-state index in [2.05, 4.69) is 4.98 Å². The highest BCUT2D eigenvalue weighted by molar-refractivity contribution is 6.29. The first kappa shape index (κ1) is 11.0. The number of pyridine rings is 1. The maximum absolute atomic E-state index is 12.3. The van der Waals surface area contributed by atoms with Crippen molar-refractivity contribution in [2.24, 2.45) is 0 Å². The number of carbonyl (C=O) groups is 1. The topological polar surface area (TPSA) is 42.4 Å². The average molecular weight is 261 g/mol. The zero-order valence-electron chi connectivity index (χ0n) is 9.55. The van der Waals surface area contributed by atoms with E-state index < -0.39 is 0 Å². The summed E-state index contributed by atoms with van der Waals surface area (Å²) in [6, 6.07) is 10.5. The molecule has 0 saturated heterocycles. The number of fused-ring (bicyclic) bond motifs is 2. The Kier molecular flexibility index (Phi) is 2.45. The predicted octanol–water partition coefficient (Wildman–Crippen LogP) is 3.12. The summed E-state index contributed by atoms with van der Waals surface area (Å²) in [6.07, 6.45) is 0. The van der Waals surface area contributed by atoms with Gasteiger partial charge in [0.15, 0.2) is 5.75 Å². The van der Waals surface area contributed by atoms with Crippen LogP contribution < -0.4 is 9.64 Å². The van der Waals surface area contributed by atoms with Crippen molar-refractivity contribution in [2.45, 2.75) is 0 Å². The summed E-state index contributed by atoms with van der Waals surface area (Å²) in [5.41, 5.74) is 1.11. The van der Waals surface area contributed by atoms with Crippen LogP contribution in [0.5, 0.6) is 11.6 Å². The summed E-state index contributed by atoms with van der Waals surface area (Å²) in [5.74, 6) is 0.658. The number of hydrogen-bond acceptors (Lipinski definition) is 3. The van der Waals surface area contributed by atoms with Gasteiger partial charge < -0.3 is 9.64 Å².